The van der Waals surface area contributed by atoms with Crippen LogP contribution in [0.15, 0.2) is 18.2 Å². The van der Waals surface area contributed by atoms with Crippen molar-refractivity contribution in [3.63, 3.8) is 0 Å². The van der Waals surface area contributed by atoms with Crippen molar-refractivity contribution >= 4 is 65.9 Å². The van der Waals surface area contributed by atoms with E-state index in [2.05, 4.69) is 66.6 Å². The highest BCUT2D eigenvalue weighted by Gasteiger charge is 2.73. The van der Waals surface area contributed by atoms with Gasteiger partial charge < -0.3 is 85.4 Å². The largest absolute Gasteiger partial charge is 1.00 e. The molecule has 3 aliphatic heterocycles. The molecule has 16 unspecified atom stereocenters. The zero-order valence-corrected chi connectivity index (χ0v) is 40.7. The second kappa shape index (κ2) is 9.28. The van der Waals surface area contributed by atoms with Gasteiger partial charge in [-0.3, -0.25) is 0 Å². The Morgan fingerprint density at radius 1 is 0.414 bits per heavy atom. The first-order chi connectivity index (χ1) is 26.5. The SMILES string of the molecule is C[N+]1(C)CC2c3c4c5c6c3c3c(c7c8c9c%10c%11c%12c(c6c%11c83)=C3C5C(C=C4)C4C5C[N+](C)(C)CC5C5C6C=CC(C=%10C6C=%12C5C34)C9C3C[N+](C)(C)CC73)C2C1.[I-].[I-].[I-]. The minimum atomic E-state index is 0. The van der Waals surface area contributed by atoms with Crippen LogP contribution in [0.5, 0.6) is 0 Å². The second-order valence-electron chi connectivity index (χ2n) is 24.8. The molecule has 0 N–H and O–H groups in total. The minimum absolute atomic E-state index is 0. The molecule has 3 heterocycles. The maximum Gasteiger partial charge on any atom is 0.0861 e. The lowest BCUT2D eigenvalue weighted by Gasteiger charge is -2.47. The summed E-state index contributed by atoms with van der Waals surface area (Å²) in [6, 6.07) is 0. The van der Waals surface area contributed by atoms with Crippen LogP contribution in [0.25, 0.3) is 65.9 Å². The molecule has 5 aromatic rings. The number of allylic oxidation sites excluding steroid dienone is 3. The van der Waals surface area contributed by atoms with Gasteiger partial charge >= 0.3 is 0 Å². The number of quaternary nitrogens is 3. The van der Waals surface area contributed by atoms with Gasteiger partial charge in [-0.1, -0.05) is 24.3 Å². The Labute approximate surface area is 391 Å². The third-order valence-corrected chi connectivity index (χ3v) is 21.7. The highest BCUT2D eigenvalue weighted by Crippen LogP contribution is 2.78. The van der Waals surface area contributed by atoms with Crippen molar-refractivity contribution in [2.24, 2.45) is 65.1 Å². The van der Waals surface area contributed by atoms with E-state index in [1.165, 1.54) is 52.7 Å². The maximum atomic E-state index is 2.95. The summed E-state index contributed by atoms with van der Waals surface area (Å²) < 4.78 is 3.62. The summed E-state index contributed by atoms with van der Waals surface area (Å²) in [5.74, 6) is 11.7. The van der Waals surface area contributed by atoms with Gasteiger partial charge in [0.25, 0.3) is 0 Å². The normalized spacial score (nSPS) is 45.8. The lowest BCUT2D eigenvalue weighted by Crippen LogP contribution is -3.00. The van der Waals surface area contributed by atoms with Crippen LogP contribution in [-0.4, -0.2) is 95.0 Å². The first-order valence-corrected chi connectivity index (χ1v) is 22.8. The van der Waals surface area contributed by atoms with Crippen molar-refractivity contribution in [3.05, 3.63) is 67.3 Å². The van der Waals surface area contributed by atoms with Gasteiger partial charge in [0.1, 0.15) is 0 Å². The standard InChI is InChI=1S/C52H50N3.3HI/c1-53(2)11-21-22(12-53)28-18-8-10-20-30-24-14-55(5,6)16-26(24)36-35-25-15-54(3,4)13-23(25)29-19-9-7-17-27(21)37-38(28)42-32(18)34(20)44-40(30)46(36)47-45(35)39(29)43-33(19)31(17)41(37)48-49(42)51(44)52(47)50(43)48;;;/h7-10,17-19,21-29,31-32,37-38H,11-16H2,1-6H3;3*1H/q+3;;;/p-3. The van der Waals surface area contributed by atoms with Crippen molar-refractivity contribution < 1.29 is 85.4 Å². The Bertz CT molecular complexity index is 3280. The van der Waals surface area contributed by atoms with Crippen LogP contribution in [-0.2, 0) is 0 Å². The van der Waals surface area contributed by atoms with Crippen molar-refractivity contribution in [1.29, 1.82) is 0 Å². The Morgan fingerprint density at radius 3 is 1.72 bits per heavy atom. The monoisotopic (exact) mass is 1100 g/mol. The summed E-state index contributed by atoms with van der Waals surface area (Å²) in [6.07, 6.45) is 11.6. The molecule has 0 bridgehead atoms. The van der Waals surface area contributed by atoms with Crippen LogP contribution >= 0.6 is 0 Å². The van der Waals surface area contributed by atoms with Crippen LogP contribution < -0.4 is 87.6 Å². The Morgan fingerprint density at radius 2 is 0.966 bits per heavy atom. The fraction of sp³-hybridized carbons (Fsp3) is 0.538. The molecule has 3 saturated heterocycles. The molecule has 14 aliphatic rings. The van der Waals surface area contributed by atoms with Crippen molar-refractivity contribution in [2.75, 3.05) is 81.6 Å². The molecule has 6 fully saturated rings. The molecule has 0 radical (unpaired) electrons. The minimum Gasteiger partial charge on any atom is -1.00 e. The number of likely N-dealkylation sites (tertiary alicyclic amines) is 3. The Kier molecular flexibility index (Phi) is 5.51. The highest BCUT2D eigenvalue weighted by atomic mass is 127. The zero-order chi connectivity index (χ0) is 35.4. The topological polar surface area (TPSA) is 0 Å². The predicted octanol–water partition coefficient (Wildman–Crippen LogP) is -3.46. The number of hydrogen-bond donors (Lipinski definition) is 0. The van der Waals surface area contributed by atoms with E-state index in [4.69, 9.17) is 0 Å². The van der Waals surface area contributed by atoms with Crippen molar-refractivity contribution in [3.8, 4) is 0 Å². The van der Waals surface area contributed by atoms with Gasteiger partial charge in [0.05, 0.1) is 81.6 Å². The van der Waals surface area contributed by atoms with E-state index < -0.39 is 0 Å². The lowest BCUT2D eigenvalue weighted by atomic mass is 9.55. The Balaban J connectivity index is 0.00000104. The molecule has 6 heteroatoms. The van der Waals surface area contributed by atoms with E-state index >= 15 is 0 Å². The van der Waals surface area contributed by atoms with E-state index in [-0.39, 0.29) is 71.9 Å². The molecule has 3 nitrogen and oxygen atoms in total. The molecule has 16 atom stereocenters. The van der Waals surface area contributed by atoms with Gasteiger partial charge in [-0.15, -0.1) is 0 Å². The number of halogens is 3. The summed E-state index contributed by atoms with van der Waals surface area (Å²) in [6.45, 7) is 8.12. The number of nitrogens with zero attached hydrogens (tertiary/aromatic N) is 3. The van der Waals surface area contributed by atoms with E-state index in [1.807, 2.05) is 103 Å². The lowest BCUT2D eigenvalue weighted by molar-refractivity contribution is -0.881. The fourth-order valence-electron chi connectivity index (χ4n) is 21.6. The number of likely N-dealkylation sites (N-methyl/N-ethyl adjacent to an activating group) is 2. The molecular formula is C52H50I3N3. The molecule has 0 spiro atoms. The fourth-order valence-corrected chi connectivity index (χ4v) is 21.6. The van der Waals surface area contributed by atoms with Crippen molar-refractivity contribution in [1.82, 2.24) is 0 Å². The quantitative estimate of drug-likeness (QED) is 0.0862. The number of fused-ring (bicyclic) bond motifs is 14. The molecule has 5 aromatic carbocycles. The molecule has 294 valence electrons. The summed E-state index contributed by atoms with van der Waals surface area (Å²) in [5, 5.41) is 20.3. The van der Waals surface area contributed by atoms with Gasteiger partial charge in [-0.05, 0) is 144 Å². The highest BCUT2D eigenvalue weighted by molar-refractivity contribution is 6.41. The summed E-state index contributed by atoms with van der Waals surface area (Å²) >= 11 is 0. The predicted molar refractivity (Wildman–Crippen MR) is 219 cm³/mol. The molecule has 0 amide bonds. The summed E-state index contributed by atoms with van der Waals surface area (Å²) in [7, 11) is 15.6. The van der Waals surface area contributed by atoms with Crippen molar-refractivity contribution in [2.45, 2.75) is 29.6 Å². The van der Waals surface area contributed by atoms with Gasteiger partial charge in [0.15, 0.2) is 0 Å². The smallest absolute Gasteiger partial charge is 0.0861 e. The third kappa shape index (κ3) is 2.90. The molecular weight excluding hydrogens is 1050 g/mol. The molecule has 19 rings (SSSR count). The third-order valence-electron chi connectivity index (χ3n) is 21.7. The van der Waals surface area contributed by atoms with Crippen LogP contribution in [0.4, 0.5) is 0 Å². The zero-order valence-electron chi connectivity index (χ0n) is 34.3. The van der Waals surface area contributed by atoms with E-state index in [9.17, 15) is 0 Å². The molecule has 3 saturated carbocycles. The van der Waals surface area contributed by atoms with Crippen LogP contribution in [0.2, 0.25) is 0 Å². The van der Waals surface area contributed by atoms with Gasteiger partial charge in [0, 0.05) is 59.2 Å². The van der Waals surface area contributed by atoms with E-state index in [0.717, 1.165) is 47.3 Å². The average molecular weight is 1100 g/mol. The average Bonchev–Trinajstić information content (AvgIpc) is 3.98. The molecule has 11 aliphatic carbocycles. The van der Waals surface area contributed by atoms with E-state index in [0.29, 0.717) is 47.3 Å². The molecule has 58 heavy (non-hydrogen) atoms. The number of hydrogen-bond acceptors (Lipinski definition) is 0. The van der Waals surface area contributed by atoms with Crippen LogP contribution in [0, 0.1) is 65.1 Å². The van der Waals surface area contributed by atoms with Gasteiger partial charge in [-0.25, -0.2) is 0 Å². The Hall–Kier alpha value is -1.05. The molecule has 0 aromatic heterocycles. The summed E-state index contributed by atoms with van der Waals surface area (Å²) in [5.41, 5.74) is 17.3. The van der Waals surface area contributed by atoms with E-state index in [1.54, 1.807) is 5.56 Å². The summed E-state index contributed by atoms with van der Waals surface area (Å²) in [4.78, 5) is 0. The first-order valence-electron chi connectivity index (χ1n) is 22.8. The number of benzene rings is 2. The first kappa shape index (κ1) is 34.4. The van der Waals surface area contributed by atoms with Gasteiger partial charge in [-0.2, -0.15) is 0 Å². The van der Waals surface area contributed by atoms with Gasteiger partial charge in [0.2, 0.25) is 0 Å². The number of rotatable bonds is 0. The second-order valence-corrected chi connectivity index (χ2v) is 24.8. The van der Waals surface area contributed by atoms with Crippen LogP contribution in [0.3, 0.4) is 0 Å². The van der Waals surface area contributed by atoms with Crippen LogP contribution in [0.1, 0.15) is 63.0 Å². The maximum absolute atomic E-state index is 2.95.